The Balaban J connectivity index is 3.10. The lowest BCUT2D eigenvalue weighted by Crippen LogP contribution is -2.68. The van der Waals surface area contributed by atoms with Gasteiger partial charge in [-0.3, -0.25) is 28.8 Å². The lowest BCUT2D eigenvalue weighted by Gasteiger charge is -2.42. The van der Waals surface area contributed by atoms with E-state index in [0.29, 0.717) is 0 Å². The quantitative estimate of drug-likeness (QED) is 0.0912. The maximum Gasteiger partial charge on any atom is 0.243 e. The summed E-state index contributed by atoms with van der Waals surface area (Å²) in [6.07, 6.45) is -7.89. The summed E-state index contributed by atoms with van der Waals surface area (Å²) in [5, 5.41) is 51.5. The van der Waals surface area contributed by atoms with Crippen LogP contribution < -0.4 is 32.3 Å². The second-order valence-electron chi connectivity index (χ2n) is 10.3. The zero-order valence-electron chi connectivity index (χ0n) is 23.6. The molecule has 0 saturated carbocycles. The summed E-state index contributed by atoms with van der Waals surface area (Å²) in [5.41, 5.74) is 5.22. The van der Waals surface area contributed by atoms with Gasteiger partial charge in [0.25, 0.3) is 0 Å². The Morgan fingerprint density at radius 2 is 1.44 bits per heavy atom. The summed E-state index contributed by atoms with van der Waals surface area (Å²) < 4.78 is 5.44. The number of nitrogens with one attached hydrogen (secondary N) is 5. The largest absolute Gasteiger partial charge is 0.394 e. The van der Waals surface area contributed by atoms with Crippen LogP contribution in [0.5, 0.6) is 0 Å². The smallest absolute Gasteiger partial charge is 0.243 e. The van der Waals surface area contributed by atoms with Crippen molar-refractivity contribution in [3.05, 3.63) is 0 Å². The molecule has 41 heavy (non-hydrogen) atoms. The number of nitrogens with two attached hydrogens (primary N) is 1. The molecule has 234 valence electrons. The molecule has 1 saturated heterocycles. The van der Waals surface area contributed by atoms with Gasteiger partial charge in [0, 0.05) is 13.8 Å². The zero-order valence-corrected chi connectivity index (χ0v) is 23.6. The topological polar surface area (TPSA) is 279 Å². The van der Waals surface area contributed by atoms with Crippen LogP contribution in [0.15, 0.2) is 0 Å². The van der Waals surface area contributed by atoms with E-state index in [4.69, 9.17) is 10.5 Å². The molecule has 9 atom stereocenters. The van der Waals surface area contributed by atoms with Crippen molar-refractivity contribution in [2.45, 2.75) is 102 Å². The summed E-state index contributed by atoms with van der Waals surface area (Å²) in [5.74, 6) is -5.11. The van der Waals surface area contributed by atoms with Crippen LogP contribution in [0.1, 0.15) is 47.5 Å². The van der Waals surface area contributed by atoms with Gasteiger partial charge in [0.1, 0.15) is 42.5 Å². The molecule has 0 aromatic heterocycles. The molecule has 0 aromatic carbocycles. The highest BCUT2D eigenvalue weighted by Crippen LogP contribution is 2.20. The van der Waals surface area contributed by atoms with E-state index in [1.54, 1.807) is 13.8 Å². The fourth-order valence-corrected chi connectivity index (χ4v) is 4.15. The second kappa shape index (κ2) is 16.2. The molecule has 1 aliphatic heterocycles. The van der Waals surface area contributed by atoms with Crippen LogP contribution in [0.25, 0.3) is 0 Å². The van der Waals surface area contributed by atoms with Crippen molar-refractivity contribution >= 4 is 35.4 Å². The molecule has 0 unspecified atom stereocenters. The van der Waals surface area contributed by atoms with Gasteiger partial charge in [-0.1, -0.05) is 13.8 Å². The fraction of sp³-hybridized carbons (Fsp3) is 0.750. The summed E-state index contributed by atoms with van der Waals surface area (Å²) in [6, 6.07) is -5.51. The van der Waals surface area contributed by atoms with E-state index >= 15 is 0 Å². The van der Waals surface area contributed by atoms with Gasteiger partial charge in [-0.15, -0.1) is 0 Å². The van der Waals surface area contributed by atoms with Gasteiger partial charge >= 0.3 is 0 Å². The minimum absolute atomic E-state index is 0.0823. The van der Waals surface area contributed by atoms with Crippen LogP contribution in [0, 0.1) is 5.92 Å². The van der Waals surface area contributed by atoms with Gasteiger partial charge < -0.3 is 57.5 Å². The Labute approximate surface area is 236 Å². The van der Waals surface area contributed by atoms with Crippen LogP contribution in [0.3, 0.4) is 0 Å². The zero-order chi connectivity index (χ0) is 31.6. The van der Waals surface area contributed by atoms with Crippen molar-refractivity contribution in [2.75, 3.05) is 6.61 Å². The highest BCUT2D eigenvalue weighted by molar-refractivity contribution is 5.95. The first-order valence-electron chi connectivity index (χ1n) is 13.0. The lowest BCUT2D eigenvalue weighted by molar-refractivity contribution is -0.203. The number of rotatable bonds is 14. The van der Waals surface area contributed by atoms with Gasteiger partial charge in [0.15, 0.2) is 6.23 Å². The van der Waals surface area contributed by atoms with E-state index in [1.807, 2.05) is 0 Å². The summed E-state index contributed by atoms with van der Waals surface area (Å²) in [4.78, 5) is 74.0. The van der Waals surface area contributed by atoms with Gasteiger partial charge in [0.2, 0.25) is 35.4 Å². The number of amides is 6. The normalized spacial score (nSPS) is 25.2. The van der Waals surface area contributed by atoms with Crippen molar-refractivity contribution in [1.82, 2.24) is 26.6 Å². The van der Waals surface area contributed by atoms with Crippen molar-refractivity contribution < 1.29 is 53.9 Å². The first kappa shape index (κ1) is 35.6. The molecule has 1 fully saturated rings. The maximum atomic E-state index is 13.1. The Bertz CT molecular complexity index is 962. The predicted octanol–water partition coefficient (Wildman–Crippen LogP) is -5.18. The van der Waals surface area contributed by atoms with Crippen LogP contribution >= 0.6 is 0 Å². The molecule has 17 nitrogen and oxygen atoms in total. The third kappa shape index (κ3) is 11.2. The van der Waals surface area contributed by atoms with Crippen molar-refractivity contribution in [3.8, 4) is 0 Å². The summed E-state index contributed by atoms with van der Waals surface area (Å²) >= 11 is 0. The van der Waals surface area contributed by atoms with Crippen molar-refractivity contribution in [1.29, 1.82) is 0 Å². The third-order valence-electron chi connectivity index (χ3n) is 6.11. The Kier molecular flexibility index (Phi) is 14.1. The van der Waals surface area contributed by atoms with Crippen LogP contribution in [-0.4, -0.2) is 117 Å². The summed E-state index contributed by atoms with van der Waals surface area (Å²) in [6.45, 7) is 6.25. The molecule has 17 heteroatoms. The standard InChI is InChI=1S/C24H42N6O11/c1-9(2)6-13(23(40)30-17(10(3)32)21(25)38)28-22(39)14(26-11(4)33)7-16(35)29-24-18(27-12(5)34)20(37)19(36)15(8-31)41-24/h9-10,13-15,17-20,24,31-32,36-37H,6-8H2,1-5H3,(H2,25,38)(H,26,33)(H,27,34)(H,28,39)(H,29,35)(H,30,40)/t10-,13-,14-,15+,17+,18+,19+,20+,24+/m0/s1. The van der Waals surface area contributed by atoms with Crippen molar-refractivity contribution in [2.24, 2.45) is 11.7 Å². The molecule has 1 rings (SSSR count). The number of ether oxygens (including phenoxy) is 1. The number of aliphatic hydroxyl groups excluding tert-OH is 4. The monoisotopic (exact) mass is 590 g/mol. The van der Waals surface area contributed by atoms with E-state index in [0.717, 1.165) is 13.8 Å². The molecule has 6 amide bonds. The molecule has 0 bridgehead atoms. The molecule has 1 aliphatic rings. The van der Waals surface area contributed by atoms with Gasteiger partial charge in [-0.25, -0.2) is 0 Å². The molecule has 0 spiro atoms. The average molecular weight is 591 g/mol. The molecule has 11 N–H and O–H groups in total. The number of carbonyl (C=O) groups excluding carboxylic acids is 6. The number of hydrogen-bond acceptors (Lipinski definition) is 11. The molecule has 1 heterocycles. The van der Waals surface area contributed by atoms with Gasteiger partial charge in [-0.2, -0.15) is 0 Å². The molecule has 0 radical (unpaired) electrons. The summed E-state index contributed by atoms with van der Waals surface area (Å²) in [7, 11) is 0. The lowest BCUT2D eigenvalue weighted by atomic mass is 9.95. The minimum atomic E-state index is -1.63. The number of primary amides is 1. The average Bonchev–Trinajstić information content (AvgIpc) is 2.84. The van der Waals surface area contributed by atoms with Crippen molar-refractivity contribution in [3.63, 3.8) is 0 Å². The predicted molar refractivity (Wildman–Crippen MR) is 140 cm³/mol. The molecular formula is C24H42N6O11. The first-order chi connectivity index (χ1) is 19.0. The molecule has 0 aliphatic carbocycles. The first-order valence-corrected chi connectivity index (χ1v) is 13.0. The Morgan fingerprint density at radius 3 is 1.90 bits per heavy atom. The maximum absolute atomic E-state index is 13.1. The second-order valence-corrected chi connectivity index (χ2v) is 10.3. The van der Waals surface area contributed by atoms with E-state index in [-0.39, 0.29) is 12.3 Å². The van der Waals surface area contributed by atoms with Crippen LogP contribution in [0.4, 0.5) is 0 Å². The number of hydrogen-bond donors (Lipinski definition) is 10. The number of aliphatic hydroxyl groups is 4. The van der Waals surface area contributed by atoms with Gasteiger partial charge in [-0.05, 0) is 19.3 Å². The van der Waals surface area contributed by atoms with E-state index in [1.165, 1.54) is 6.92 Å². The SMILES string of the molecule is CC(=O)N[C@@H]1[C@@H](O)[C@H](O)[C@@H](CO)O[C@H]1NC(=O)C[C@H](NC(C)=O)C(=O)N[C@@H](CC(C)C)C(=O)N[C@@H](C(N)=O)[C@H](C)O. The van der Waals surface area contributed by atoms with E-state index in [2.05, 4.69) is 26.6 Å². The van der Waals surface area contributed by atoms with E-state index in [9.17, 15) is 49.2 Å². The minimum Gasteiger partial charge on any atom is -0.394 e. The fourth-order valence-electron chi connectivity index (χ4n) is 4.15. The van der Waals surface area contributed by atoms with Gasteiger partial charge in [0.05, 0.1) is 19.1 Å². The van der Waals surface area contributed by atoms with E-state index < -0.39 is 103 Å². The Hall–Kier alpha value is -3.38. The van der Waals surface area contributed by atoms with Crippen LogP contribution in [-0.2, 0) is 33.5 Å². The molecule has 0 aromatic rings. The molecular weight excluding hydrogens is 548 g/mol. The third-order valence-corrected chi connectivity index (χ3v) is 6.11. The van der Waals surface area contributed by atoms with Crippen LogP contribution in [0.2, 0.25) is 0 Å². The number of carbonyl (C=O) groups is 6. The highest BCUT2D eigenvalue weighted by Gasteiger charge is 2.45. The Morgan fingerprint density at radius 1 is 0.854 bits per heavy atom. The highest BCUT2D eigenvalue weighted by atomic mass is 16.5.